The third-order valence-electron chi connectivity index (χ3n) is 3.79. The number of aromatic hydroxyl groups is 1. The Balaban J connectivity index is 1.94. The molecule has 0 aliphatic carbocycles. The third-order valence-corrected chi connectivity index (χ3v) is 4.60. The van der Waals surface area contributed by atoms with Crippen LogP contribution in [0.2, 0.25) is 0 Å². The Morgan fingerprint density at radius 2 is 2.07 bits per heavy atom. The molecule has 0 unspecified atom stereocenters. The Labute approximate surface area is 159 Å². The Kier molecular flexibility index (Phi) is 5.77. The van der Waals surface area contributed by atoms with Gasteiger partial charge in [-0.2, -0.15) is 4.98 Å². The van der Waals surface area contributed by atoms with Crippen LogP contribution in [0.1, 0.15) is 11.1 Å². The number of thioether (sulfide) groups is 1. The van der Waals surface area contributed by atoms with Crippen LogP contribution in [-0.2, 0) is 22.5 Å². The van der Waals surface area contributed by atoms with Gasteiger partial charge in [0.1, 0.15) is 0 Å². The number of carboxylic acid groups (broad SMARTS) is 1. The molecular formula is C17H19N5O4S. The second kappa shape index (κ2) is 8.23. The van der Waals surface area contributed by atoms with Crippen LogP contribution < -0.4 is 5.73 Å². The first-order valence-electron chi connectivity index (χ1n) is 8.12. The van der Waals surface area contributed by atoms with Crippen molar-refractivity contribution >= 4 is 34.7 Å². The number of nitrogens with zero attached hydrogens (tertiary/aromatic N) is 4. The highest BCUT2D eigenvalue weighted by Gasteiger charge is 2.17. The van der Waals surface area contributed by atoms with E-state index in [0.29, 0.717) is 34.2 Å². The van der Waals surface area contributed by atoms with Gasteiger partial charge < -0.3 is 20.7 Å². The topological polar surface area (TPSA) is 136 Å². The largest absolute Gasteiger partial charge is 0.481 e. The molecule has 142 valence electrons. The maximum atomic E-state index is 10.9. The van der Waals surface area contributed by atoms with Crippen molar-refractivity contribution in [3.63, 3.8) is 0 Å². The van der Waals surface area contributed by atoms with Gasteiger partial charge in [0.15, 0.2) is 22.1 Å². The highest BCUT2D eigenvalue weighted by atomic mass is 32.2. The Hall–Kier alpha value is -2.85. The Bertz CT molecular complexity index is 975. The zero-order valence-electron chi connectivity index (χ0n) is 14.6. The predicted octanol–water partition coefficient (Wildman–Crippen LogP) is 1.53. The van der Waals surface area contributed by atoms with Crippen LogP contribution in [0.4, 0.5) is 5.82 Å². The van der Waals surface area contributed by atoms with Gasteiger partial charge in [-0.1, -0.05) is 36.0 Å². The monoisotopic (exact) mass is 389 g/mol. The van der Waals surface area contributed by atoms with E-state index in [9.17, 15) is 9.90 Å². The van der Waals surface area contributed by atoms with Gasteiger partial charge in [-0.3, -0.25) is 9.36 Å². The van der Waals surface area contributed by atoms with Crippen molar-refractivity contribution in [2.24, 2.45) is 0 Å². The van der Waals surface area contributed by atoms with Gasteiger partial charge >= 0.3 is 5.97 Å². The predicted molar refractivity (Wildman–Crippen MR) is 101 cm³/mol. The molecule has 0 aliphatic heterocycles. The first-order valence-corrected chi connectivity index (χ1v) is 9.10. The minimum absolute atomic E-state index is 0.0695. The van der Waals surface area contributed by atoms with Gasteiger partial charge in [0, 0.05) is 12.9 Å². The number of ether oxygens (including phenoxy) is 1. The smallest absolute Gasteiger partial charge is 0.307 e. The van der Waals surface area contributed by atoms with E-state index in [1.807, 2.05) is 6.07 Å². The van der Waals surface area contributed by atoms with E-state index in [2.05, 4.69) is 15.0 Å². The van der Waals surface area contributed by atoms with Gasteiger partial charge in [0.05, 0.1) is 19.6 Å². The molecule has 0 saturated carbocycles. The number of nitrogen functional groups attached to an aromatic ring is 1. The molecule has 0 radical (unpaired) electrons. The second-order valence-electron chi connectivity index (χ2n) is 5.79. The van der Waals surface area contributed by atoms with E-state index in [0.717, 1.165) is 5.56 Å². The number of aliphatic carboxylic acids is 1. The quantitative estimate of drug-likeness (QED) is 0.297. The Morgan fingerprint density at radius 3 is 2.81 bits per heavy atom. The zero-order chi connectivity index (χ0) is 19.4. The molecule has 1 aromatic carbocycles. The summed E-state index contributed by atoms with van der Waals surface area (Å²) in [6.45, 7) is 0.821. The molecule has 0 aliphatic rings. The second-order valence-corrected chi connectivity index (χ2v) is 6.86. The van der Waals surface area contributed by atoms with Crippen LogP contribution in [-0.4, -0.2) is 55.2 Å². The van der Waals surface area contributed by atoms with E-state index in [1.54, 1.807) is 25.3 Å². The number of imidazole rings is 1. The summed E-state index contributed by atoms with van der Waals surface area (Å²) in [7, 11) is 1.62. The van der Waals surface area contributed by atoms with Crippen molar-refractivity contribution in [2.75, 3.05) is 25.2 Å². The summed E-state index contributed by atoms with van der Waals surface area (Å²) in [5.41, 5.74) is 8.20. The van der Waals surface area contributed by atoms with Gasteiger partial charge in [-0.25, -0.2) is 9.97 Å². The van der Waals surface area contributed by atoms with Crippen molar-refractivity contribution in [1.82, 2.24) is 19.5 Å². The maximum Gasteiger partial charge on any atom is 0.307 e. The van der Waals surface area contributed by atoms with Gasteiger partial charge in [0.25, 0.3) is 6.01 Å². The van der Waals surface area contributed by atoms with Crippen molar-refractivity contribution in [3.05, 3.63) is 35.4 Å². The number of carboxylic acids is 1. The van der Waals surface area contributed by atoms with E-state index >= 15 is 0 Å². The average molecular weight is 389 g/mol. The normalized spacial score (nSPS) is 11.1. The number of anilines is 1. The molecule has 0 amide bonds. The van der Waals surface area contributed by atoms with Crippen LogP contribution >= 0.6 is 11.8 Å². The zero-order valence-corrected chi connectivity index (χ0v) is 15.4. The minimum atomic E-state index is -0.902. The number of fused-ring (bicyclic) bond motifs is 1. The average Bonchev–Trinajstić information content (AvgIpc) is 2.92. The molecule has 2 heterocycles. The SMILES string of the molecule is COCCSc1nc(N)c2nc(O)n(Cc3cccc(CC(=O)O)c3)c2n1. The molecule has 10 heteroatoms. The minimum Gasteiger partial charge on any atom is -0.481 e. The standard InChI is InChI=1S/C17H19N5O4S/c1-26-5-6-27-16-20-14(18)13-15(21-16)22(17(25)19-13)9-11-4-2-3-10(7-11)8-12(23)24/h2-4,7H,5-6,8-9H2,1H3,(H,19,25)(H,23,24)(H2,18,20,21). The van der Waals surface area contributed by atoms with Gasteiger partial charge in [-0.05, 0) is 11.1 Å². The summed E-state index contributed by atoms with van der Waals surface area (Å²) >= 11 is 1.39. The molecule has 3 aromatic rings. The van der Waals surface area contributed by atoms with Crippen LogP contribution in [0.15, 0.2) is 29.4 Å². The first-order chi connectivity index (χ1) is 13.0. The summed E-state index contributed by atoms with van der Waals surface area (Å²) in [5.74, 6) is -0.0476. The van der Waals surface area contributed by atoms with Crippen LogP contribution in [0.5, 0.6) is 6.01 Å². The van der Waals surface area contributed by atoms with Crippen molar-refractivity contribution < 1.29 is 19.7 Å². The molecule has 4 N–H and O–H groups in total. The van der Waals surface area contributed by atoms with Gasteiger partial charge in [0.2, 0.25) is 0 Å². The molecule has 2 aromatic heterocycles. The lowest BCUT2D eigenvalue weighted by Crippen LogP contribution is -2.05. The van der Waals surface area contributed by atoms with Crippen LogP contribution in [0.3, 0.4) is 0 Å². The van der Waals surface area contributed by atoms with Crippen molar-refractivity contribution in [3.8, 4) is 6.01 Å². The van der Waals surface area contributed by atoms with E-state index < -0.39 is 5.97 Å². The number of methoxy groups -OCH3 is 1. The van der Waals surface area contributed by atoms with E-state index in [-0.39, 0.29) is 24.8 Å². The molecule has 3 rings (SSSR count). The lowest BCUT2D eigenvalue weighted by molar-refractivity contribution is -0.136. The van der Waals surface area contributed by atoms with Crippen LogP contribution in [0.25, 0.3) is 11.2 Å². The molecule has 0 spiro atoms. The van der Waals surface area contributed by atoms with E-state index in [1.165, 1.54) is 16.3 Å². The fourth-order valence-electron chi connectivity index (χ4n) is 2.61. The number of carbonyl (C=O) groups is 1. The molecule has 0 bridgehead atoms. The number of benzene rings is 1. The summed E-state index contributed by atoms with van der Waals surface area (Å²) in [5, 5.41) is 19.7. The highest BCUT2D eigenvalue weighted by molar-refractivity contribution is 7.99. The van der Waals surface area contributed by atoms with E-state index in [4.69, 9.17) is 15.6 Å². The van der Waals surface area contributed by atoms with Crippen molar-refractivity contribution in [1.29, 1.82) is 0 Å². The highest BCUT2D eigenvalue weighted by Crippen LogP contribution is 2.26. The summed E-state index contributed by atoms with van der Waals surface area (Å²) in [6, 6.07) is 6.91. The fourth-order valence-corrected chi connectivity index (χ4v) is 3.36. The number of rotatable bonds is 8. The molecule has 27 heavy (non-hydrogen) atoms. The summed E-state index contributed by atoms with van der Waals surface area (Å²) in [4.78, 5) is 23.6. The lowest BCUT2D eigenvalue weighted by atomic mass is 10.1. The maximum absolute atomic E-state index is 10.9. The number of aromatic nitrogens is 4. The molecule has 0 fully saturated rings. The number of hydrogen-bond donors (Lipinski definition) is 3. The third kappa shape index (κ3) is 4.47. The molecule has 9 nitrogen and oxygen atoms in total. The molecular weight excluding hydrogens is 370 g/mol. The Morgan fingerprint density at radius 1 is 1.30 bits per heavy atom. The summed E-state index contributed by atoms with van der Waals surface area (Å²) in [6.07, 6.45) is -0.0695. The molecule has 0 saturated heterocycles. The van der Waals surface area contributed by atoms with Gasteiger partial charge in [-0.15, -0.1) is 0 Å². The number of hydrogen-bond acceptors (Lipinski definition) is 8. The first kappa shape index (κ1) is 18.9. The fraction of sp³-hybridized carbons (Fsp3) is 0.294. The van der Waals surface area contributed by atoms with Crippen LogP contribution in [0, 0.1) is 0 Å². The molecule has 0 atom stereocenters. The van der Waals surface area contributed by atoms with Crippen molar-refractivity contribution in [2.45, 2.75) is 18.1 Å². The summed E-state index contributed by atoms with van der Waals surface area (Å²) < 4.78 is 6.54. The lowest BCUT2D eigenvalue weighted by Gasteiger charge is -2.08. The number of nitrogens with two attached hydrogens (primary N) is 1.